The molecule has 39 heavy (non-hydrogen) atoms. The number of aliphatic hydroxyl groups is 2. The number of nitrogens with one attached hydrogen (secondary N) is 2. The van der Waals surface area contributed by atoms with Crippen molar-refractivity contribution in [1.82, 2.24) is 24.6 Å². The number of fused-ring (bicyclic) bond motifs is 1. The van der Waals surface area contributed by atoms with Gasteiger partial charge in [0.25, 0.3) is 5.56 Å². The van der Waals surface area contributed by atoms with E-state index in [1.165, 1.54) is 17.8 Å². The zero-order valence-corrected chi connectivity index (χ0v) is 23.4. The van der Waals surface area contributed by atoms with Crippen LogP contribution in [0.4, 0.5) is 5.95 Å². The van der Waals surface area contributed by atoms with Gasteiger partial charge in [-0.2, -0.15) is 4.98 Å². The fourth-order valence-electron chi connectivity index (χ4n) is 4.00. The lowest BCUT2D eigenvalue weighted by molar-refractivity contribution is -0.149. The Kier molecular flexibility index (Phi) is 8.42. The van der Waals surface area contributed by atoms with E-state index in [0.29, 0.717) is 5.75 Å². The minimum atomic E-state index is -3.43. The van der Waals surface area contributed by atoms with Gasteiger partial charge >= 0.3 is 12.6 Å². The molecule has 1 fully saturated rings. The summed E-state index contributed by atoms with van der Waals surface area (Å²) in [6.07, 6.45) is -2.84. The number of nitrogens with two attached hydrogens (primary N) is 1. The lowest BCUT2D eigenvalue weighted by atomic mass is 9.96. The molecule has 0 amide bonds. The molecule has 0 radical (unpaired) electrons. The molecule has 1 aliphatic rings. The number of carbonyl (C=O) groups is 1. The van der Waals surface area contributed by atoms with Crippen LogP contribution in [-0.2, 0) is 30.6 Å². The Morgan fingerprint density at radius 3 is 2.72 bits per heavy atom. The number of hydrogen-bond acceptors (Lipinski definition) is 12. The van der Waals surface area contributed by atoms with Gasteiger partial charge < -0.3 is 34.5 Å². The van der Waals surface area contributed by atoms with Crippen molar-refractivity contribution in [2.24, 2.45) is 0 Å². The van der Waals surface area contributed by atoms with Crippen LogP contribution in [0.25, 0.3) is 11.2 Å². The first-order chi connectivity index (χ1) is 18.3. The molecule has 0 bridgehead atoms. The summed E-state index contributed by atoms with van der Waals surface area (Å²) in [7, 11) is 0. The maximum absolute atomic E-state index is 12.4. The van der Waals surface area contributed by atoms with Crippen molar-refractivity contribution in [3.63, 3.8) is 0 Å². The van der Waals surface area contributed by atoms with E-state index in [0.717, 1.165) is 0 Å². The van der Waals surface area contributed by atoms with Crippen molar-refractivity contribution < 1.29 is 33.5 Å². The Bertz CT molecular complexity index is 1430. The number of esters is 1. The van der Waals surface area contributed by atoms with Crippen molar-refractivity contribution in [3.05, 3.63) is 47.0 Å². The first-order valence-electron chi connectivity index (χ1n) is 12.1. The first kappa shape index (κ1) is 29.1. The van der Waals surface area contributed by atoms with Crippen LogP contribution in [0.2, 0.25) is 0 Å². The highest BCUT2D eigenvalue weighted by molar-refractivity contribution is 8.09. The van der Waals surface area contributed by atoms with Crippen molar-refractivity contribution >= 4 is 41.5 Å². The van der Waals surface area contributed by atoms with E-state index >= 15 is 0 Å². The first-order valence-corrected chi connectivity index (χ1v) is 14.7. The number of carbonyl (C=O) groups excluding carboxylic acids is 1. The van der Waals surface area contributed by atoms with E-state index in [9.17, 15) is 19.8 Å². The minimum absolute atomic E-state index is 0.0176. The van der Waals surface area contributed by atoms with Gasteiger partial charge in [-0.1, -0.05) is 18.2 Å². The van der Waals surface area contributed by atoms with Gasteiger partial charge in [0.2, 0.25) is 5.95 Å². The predicted molar refractivity (Wildman–Crippen MR) is 144 cm³/mol. The summed E-state index contributed by atoms with van der Waals surface area (Å²) < 4.78 is 24.5. The topological polar surface area (TPSA) is 196 Å². The molecule has 3 heterocycles. The maximum Gasteiger partial charge on any atom is 0.323 e. The molecule has 1 aromatic carbocycles. The van der Waals surface area contributed by atoms with Gasteiger partial charge in [-0.05, 0) is 51.6 Å². The Hall–Kier alpha value is -2.91. The molecule has 14 nitrogen and oxygen atoms in total. The number of benzene rings is 1. The van der Waals surface area contributed by atoms with Crippen LogP contribution < -0.4 is 20.9 Å². The average molecular weight is 583 g/mol. The molecule has 1 saturated heterocycles. The number of nitrogens with zero attached hydrogens (tertiary/aromatic N) is 3. The number of H-pyrrole nitrogens is 1. The van der Waals surface area contributed by atoms with E-state index in [4.69, 9.17) is 36.1 Å². The average Bonchev–Trinajstić information content (AvgIpc) is 3.36. The molecule has 0 aliphatic carbocycles. The highest BCUT2D eigenvalue weighted by atomic mass is 32.5. The molecule has 0 spiro atoms. The zero-order chi connectivity index (χ0) is 28.5. The summed E-state index contributed by atoms with van der Waals surface area (Å²) in [6.45, 7) is 2.63. The number of aromatic nitrogens is 4. The summed E-state index contributed by atoms with van der Waals surface area (Å²) >= 11 is 5.70. The fourth-order valence-corrected chi connectivity index (χ4v) is 6.42. The van der Waals surface area contributed by atoms with E-state index in [2.05, 4.69) is 20.0 Å². The summed E-state index contributed by atoms with van der Waals surface area (Å²) in [6, 6.07) is 7.77. The largest absolute Gasteiger partial charge is 0.462 e. The van der Waals surface area contributed by atoms with E-state index in [1.54, 1.807) is 51.1 Å². The third-order valence-electron chi connectivity index (χ3n) is 5.89. The molecule has 16 heteroatoms. The lowest BCUT2D eigenvalue weighted by Crippen LogP contribution is -2.44. The van der Waals surface area contributed by atoms with Gasteiger partial charge in [0, 0.05) is 0 Å². The fraction of sp³-hybridized carbons (Fsp3) is 0.478. The number of rotatable bonds is 10. The Morgan fingerprint density at radius 1 is 1.36 bits per heavy atom. The number of aliphatic hydroxyl groups excluding tert-OH is 1. The monoisotopic (exact) mass is 582 g/mol. The summed E-state index contributed by atoms with van der Waals surface area (Å²) in [5.74, 6) is -0.301. The van der Waals surface area contributed by atoms with Crippen LogP contribution in [-0.4, -0.2) is 72.3 Å². The number of imidazole rings is 1. The molecule has 6 N–H and O–H groups in total. The maximum atomic E-state index is 12.4. The van der Waals surface area contributed by atoms with Crippen molar-refractivity contribution in [2.45, 2.75) is 63.9 Å². The normalized spacial score (nSPS) is 25.5. The van der Waals surface area contributed by atoms with E-state index in [1.807, 2.05) is 0 Å². The van der Waals surface area contributed by atoms with Crippen molar-refractivity contribution in [3.8, 4) is 5.75 Å². The van der Waals surface area contributed by atoms with Crippen molar-refractivity contribution in [1.29, 1.82) is 0 Å². The molecule has 2 aromatic heterocycles. The summed E-state index contributed by atoms with van der Waals surface area (Å²) in [5.41, 5.74) is 3.30. The molecule has 4 unspecified atom stereocenters. The number of nitrogen functional groups attached to an aromatic ring is 1. The third-order valence-corrected chi connectivity index (χ3v) is 8.39. The Morgan fingerprint density at radius 2 is 2.05 bits per heavy atom. The van der Waals surface area contributed by atoms with Crippen LogP contribution in [0.1, 0.15) is 33.9 Å². The molecule has 4 rings (SSSR count). The number of aromatic amines is 1. The van der Waals surface area contributed by atoms with Gasteiger partial charge in [-0.25, -0.2) is 10.1 Å². The van der Waals surface area contributed by atoms with Crippen LogP contribution in [0.5, 0.6) is 5.75 Å². The van der Waals surface area contributed by atoms with Gasteiger partial charge in [-0.3, -0.25) is 19.1 Å². The van der Waals surface area contributed by atoms with Crippen LogP contribution in [0.3, 0.4) is 0 Å². The van der Waals surface area contributed by atoms with Crippen LogP contribution in [0.15, 0.2) is 41.5 Å². The number of ether oxygens (including phenoxy) is 2. The molecular weight excluding hydrogens is 551 g/mol. The molecule has 0 saturated carbocycles. The van der Waals surface area contributed by atoms with E-state index < -0.39 is 48.2 Å². The predicted octanol–water partition coefficient (Wildman–Crippen LogP) is 0.961. The molecular formula is C23H31N6O8PS. The second-order valence-corrected chi connectivity index (χ2v) is 12.6. The highest BCUT2D eigenvalue weighted by Crippen LogP contribution is 2.47. The van der Waals surface area contributed by atoms with Crippen LogP contribution in [0, 0.1) is 0 Å². The minimum Gasteiger partial charge on any atom is -0.462 e. The lowest BCUT2D eigenvalue weighted by Gasteiger charge is -2.28. The van der Waals surface area contributed by atoms with Gasteiger partial charge in [-0.15, -0.1) is 0 Å². The molecule has 3 aromatic rings. The second kappa shape index (κ2) is 11.3. The molecule has 212 valence electrons. The highest BCUT2D eigenvalue weighted by Gasteiger charge is 2.54. The molecule has 6 atom stereocenters. The quantitative estimate of drug-likeness (QED) is 0.168. The van der Waals surface area contributed by atoms with Crippen LogP contribution >= 0.6 is 6.64 Å². The summed E-state index contributed by atoms with van der Waals surface area (Å²) in [4.78, 5) is 35.1. The zero-order valence-electron chi connectivity index (χ0n) is 21.7. The second-order valence-electron chi connectivity index (χ2n) is 9.51. The van der Waals surface area contributed by atoms with Crippen molar-refractivity contribution in [2.75, 3.05) is 12.3 Å². The Balaban J connectivity index is 1.56. The number of anilines is 1. The Labute approximate surface area is 228 Å². The SMILES string of the molecule is CC(C)OC(=O)C(C)NP(=S)(OC[C@H]1O[C@@H](n2cnc3c(=O)[nH]c(N)nc32)C(C)(O)C1O)Oc1ccccc1. The van der Waals surface area contributed by atoms with Gasteiger partial charge in [0.05, 0.1) is 19.0 Å². The van der Waals surface area contributed by atoms with Gasteiger partial charge in [0.15, 0.2) is 17.4 Å². The third kappa shape index (κ3) is 6.30. The number of para-hydroxylation sites is 1. The standard InChI is InChI=1S/C23H31N6O8PS/c1-12(2)35-20(32)13(3)28-38(39,37-14-8-6-5-7-9-14)34-10-15-17(30)23(4,33)21(36-15)29-11-25-16-18(29)26-22(24)27-19(16)31/h5-9,11-13,15,17,21,30,33H,10H2,1-4H3,(H,28,39)(H3,24,26,27,31)/t13?,15-,17?,21-,23?,38?/m1/s1. The van der Waals surface area contributed by atoms with Gasteiger partial charge in [0.1, 0.15) is 29.6 Å². The molecule has 1 aliphatic heterocycles. The van der Waals surface area contributed by atoms with E-state index in [-0.39, 0.29) is 29.8 Å². The summed E-state index contributed by atoms with van der Waals surface area (Å²) in [5, 5.41) is 25.1. The number of hydrogen-bond donors (Lipinski definition) is 5. The smallest absolute Gasteiger partial charge is 0.323 e.